The predicted molar refractivity (Wildman–Crippen MR) is 101 cm³/mol. The zero-order chi connectivity index (χ0) is 17.5. The largest absolute Gasteiger partial charge is 0.486 e. The number of hydrogen-bond donors (Lipinski definition) is 1. The van der Waals surface area contributed by atoms with Crippen LogP contribution < -0.4 is 15.0 Å². The molecule has 2 aromatic carbocycles. The molecule has 3 rings (SSSR count). The lowest BCUT2D eigenvalue weighted by atomic mass is 10.1. The van der Waals surface area contributed by atoms with E-state index in [1.807, 2.05) is 54.4 Å². The number of rotatable bonds is 7. The summed E-state index contributed by atoms with van der Waals surface area (Å²) >= 11 is 0. The number of carbonyl (C=O) groups excluding carboxylic acids is 1. The minimum absolute atomic E-state index is 0.0130. The van der Waals surface area contributed by atoms with Gasteiger partial charge in [-0.25, -0.2) is 0 Å². The minimum atomic E-state index is -0.0130. The van der Waals surface area contributed by atoms with Gasteiger partial charge in [-0.05, 0) is 44.1 Å². The molecule has 0 saturated carbocycles. The average Bonchev–Trinajstić information content (AvgIpc) is 2.66. The molecule has 132 valence electrons. The molecule has 4 heteroatoms. The summed E-state index contributed by atoms with van der Waals surface area (Å²) in [5.74, 6) is 1.01. The molecule has 4 nitrogen and oxygen atoms in total. The van der Waals surface area contributed by atoms with Crippen molar-refractivity contribution in [3.8, 4) is 5.75 Å². The number of nitrogens with one attached hydrogen (secondary N) is 1. The SMILES string of the molecule is CNCCC(Oc1cccc(N2CCCCC2=O)c1)c1ccccc1. The fraction of sp³-hybridized carbons (Fsp3) is 0.381. The van der Waals surface area contributed by atoms with Crippen LogP contribution in [0.15, 0.2) is 54.6 Å². The van der Waals surface area contributed by atoms with Gasteiger partial charge in [0.05, 0.1) is 0 Å². The van der Waals surface area contributed by atoms with E-state index in [9.17, 15) is 4.79 Å². The quantitative estimate of drug-likeness (QED) is 0.831. The second kappa shape index (κ2) is 8.67. The topological polar surface area (TPSA) is 41.6 Å². The van der Waals surface area contributed by atoms with E-state index in [2.05, 4.69) is 17.4 Å². The first-order valence-electron chi connectivity index (χ1n) is 9.04. The molecule has 1 aliphatic rings. The van der Waals surface area contributed by atoms with Crippen LogP contribution >= 0.6 is 0 Å². The molecule has 0 radical (unpaired) electrons. The highest BCUT2D eigenvalue weighted by Gasteiger charge is 2.20. The minimum Gasteiger partial charge on any atom is -0.486 e. The Balaban J connectivity index is 1.77. The van der Waals surface area contributed by atoms with Gasteiger partial charge in [-0.1, -0.05) is 36.4 Å². The van der Waals surface area contributed by atoms with Crippen molar-refractivity contribution in [1.82, 2.24) is 5.32 Å². The molecule has 0 spiro atoms. The first-order valence-corrected chi connectivity index (χ1v) is 9.04. The molecule has 1 heterocycles. The zero-order valence-electron chi connectivity index (χ0n) is 14.8. The third-order valence-electron chi connectivity index (χ3n) is 4.56. The van der Waals surface area contributed by atoms with E-state index in [0.29, 0.717) is 6.42 Å². The van der Waals surface area contributed by atoms with Crippen LogP contribution in [0.25, 0.3) is 0 Å². The van der Waals surface area contributed by atoms with E-state index in [1.54, 1.807) is 0 Å². The maximum absolute atomic E-state index is 12.2. The van der Waals surface area contributed by atoms with Crippen LogP contribution in [0, 0.1) is 0 Å². The molecule has 1 atom stereocenters. The monoisotopic (exact) mass is 338 g/mol. The second-order valence-corrected chi connectivity index (χ2v) is 6.41. The Hall–Kier alpha value is -2.33. The average molecular weight is 338 g/mol. The summed E-state index contributed by atoms with van der Waals surface area (Å²) in [5, 5.41) is 3.19. The number of nitrogens with zero attached hydrogens (tertiary/aromatic N) is 1. The summed E-state index contributed by atoms with van der Waals surface area (Å²) in [5.41, 5.74) is 2.10. The number of hydrogen-bond acceptors (Lipinski definition) is 3. The molecule has 1 saturated heterocycles. The van der Waals surface area contributed by atoms with E-state index < -0.39 is 0 Å². The van der Waals surface area contributed by atoms with E-state index in [-0.39, 0.29) is 12.0 Å². The van der Waals surface area contributed by atoms with Crippen LogP contribution in [0.3, 0.4) is 0 Å². The summed E-state index contributed by atoms with van der Waals surface area (Å²) in [6, 6.07) is 18.2. The van der Waals surface area contributed by atoms with Gasteiger partial charge in [0, 0.05) is 31.1 Å². The van der Waals surface area contributed by atoms with Gasteiger partial charge in [0.25, 0.3) is 0 Å². The molecule has 0 aliphatic carbocycles. The Morgan fingerprint density at radius 1 is 1.12 bits per heavy atom. The number of benzene rings is 2. The van der Waals surface area contributed by atoms with Gasteiger partial charge in [0.15, 0.2) is 0 Å². The van der Waals surface area contributed by atoms with Gasteiger partial charge in [-0.15, -0.1) is 0 Å². The molecule has 0 bridgehead atoms. The summed E-state index contributed by atoms with van der Waals surface area (Å²) < 4.78 is 6.29. The van der Waals surface area contributed by atoms with E-state index in [4.69, 9.17) is 4.74 Å². The van der Waals surface area contributed by atoms with Gasteiger partial charge in [0.2, 0.25) is 5.91 Å². The molecule has 2 aromatic rings. The van der Waals surface area contributed by atoms with Crippen LogP contribution in [0.1, 0.15) is 37.4 Å². The molecule has 25 heavy (non-hydrogen) atoms. The van der Waals surface area contributed by atoms with E-state index in [1.165, 1.54) is 0 Å². The molecule has 1 aliphatic heterocycles. The molecule has 1 fully saturated rings. The van der Waals surface area contributed by atoms with Crippen LogP contribution in [0.4, 0.5) is 5.69 Å². The fourth-order valence-electron chi connectivity index (χ4n) is 3.20. The van der Waals surface area contributed by atoms with Gasteiger partial charge in [0.1, 0.15) is 11.9 Å². The molecule has 0 aromatic heterocycles. The van der Waals surface area contributed by atoms with Crippen molar-refractivity contribution in [3.63, 3.8) is 0 Å². The Labute approximate surface area is 149 Å². The summed E-state index contributed by atoms with van der Waals surface area (Å²) in [7, 11) is 1.95. The van der Waals surface area contributed by atoms with Crippen LogP contribution in [0.5, 0.6) is 5.75 Å². The van der Waals surface area contributed by atoms with Gasteiger partial charge in [-0.2, -0.15) is 0 Å². The van der Waals surface area contributed by atoms with Crippen LogP contribution in [-0.2, 0) is 4.79 Å². The van der Waals surface area contributed by atoms with Crippen molar-refractivity contribution < 1.29 is 9.53 Å². The summed E-state index contributed by atoms with van der Waals surface area (Å²) in [6.45, 7) is 1.67. The van der Waals surface area contributed by atoms with Crippen molar-refractivity contribution in [1.29, 1.82) is 0 Å². The van der Waals surface area contributed by atoms with Crippen LogP contribution in [0.2, 0.25) is 0 Å². The first kappa shape index (κ1) is 17.5. The van der Waals surface area contributed by atoms with Gasteiger partial charge < -0.3 is 15.0 Å². The highest BCUT2D eigenvalue weighted by atomic mass is 16.5. The third-order valence-corrected chi connectivity index (χ3v) is 4.56. The van der Waals surface area contributed by atoms with Crippen LogP contribution in [-0.4, -0.2) is 26.0 Å². The van der Waals surface area contributed by atoms with Gasteiger partial charge >= 0.3 is 0 Å². The molecular formula is C21H26N2O2. The number of carbonyl (C=O) groups is 1. The lowest BCUT2D eigenvalue weighted by Gasteiger charge is -2.27. The summed E-state index contributed by atoms with van der Waals surface area (Å²) in [6.07, 6.45) is 3.56. The van der Waals surface area contributed by atoms with Crippen molar-refractivity contribution in [2.75, 3.05) is 25.0 Å². The van der Waals surface area contributed by atoms with Crippen molar-refractivity contribution >= 4 is 11.6 Å². The Kier molecular flexibility index (Phi) is 6.07. The number of amides is 1. The van der Waals surface area contributed by atoms with Gasteiger partial charge in [-0.3, -0.25) is 4.79 Å². The molecular weight excluding hydrogens is 312 g/mol. The standard InChI is InChI=1S/C21H26N2O2/c1-22-14-13-20(17-8-3-2-4-9-17)25-19-11-7-10-18(16-19)23-15-6-5-12-21(23)24/h2-4,7-11,16,20,22H,5-6,12-15H2,1H3. The maximum atomic E-state index is 12.2. The number of anilines is 1. The van der Waals surface area contributed by atoms with E-state index in [0.717, 1.165) is 49.4 Å². The highest BCUT2D eigenvalue weighted by molar-refractivity contribution is 5.94. The lowest BCUT2D eigenvalue weighted by Crippen LogP contribution is -2.35. The highest BCUT2D eigenvalue weighted by Crippen LogP contribution is 2.29. The second-order valence-electron chi connectivity index (χ2n) is 6.41. The molecule has 1 amide bonds. The third kappa shape index (κ3) is 4.60. The molecule has 1 N–H and O–H groups in total. The van der Waals surface area contributed by atoms with Crippen molar-refractivity contribution in [2.24, 2.45) is 0 Å². The normalized spacial score (nSPS) is 15.9. The van der Waals surface area contributed by atoms with Crippen molar-refractivity contribution in [2.45, 2.75) is 31.8 Å². The maximum Gasteiger partial charge on any atom is 0.226 e. The first-order chi connectivity index (χ1) is 12.3. The number of ether oxygens (including phenoxy) is 1. The zero-order valence-corrected chi connectivity index (χ0v) is 14.8. The van der Waals surface area contributed by atoms with E-state index >= 15 is 0 Å². The fourth-order valence-corrected chi connectivity index (χ4v) is 3.20. The Morgan fingerprint density at radius 3 is 2.72 bits per heavy atom. The lowest BCUT2D eigenvalue weighted by molar-refractivity contribution is -0.119. The summed E-state index contributed by atoms with van der Waals surface area (Å²) in [4.78, 5) is 14.0. The predicted octanol–water partition coefficient (Wildman–Crippen LogP) is 3.93. The Bertz CT molecular complexity index is 687. The molecule has 1 unspecified atom stereocenters. The van der Waals surface area contributed by atoms with Crippen molar-refractivity contribution in [3.05, 3.63) is 60.2 Å². The smallest absolute Gasteiger partial charge is 0.226 e. The Morgan fingerprint density at radius 2 is 1.96 bits per heavy atom. The number of piperidine rings is 1.